The Hall–Kier alpha value is -1.02. The number of hydrogen-bond acceptors (Lipinski definition) is 2. The Bertz CT molecular complexity index is 381. The van der Waals surface area contributed by atoms with Crippen LogP contribution in [0.3, 0.4) is 0 Å². The van der Waals surface area contributed by atoms with Gasteiger partial charge in [-0.1, -0.05) is 12.5 Å². The molecule has 94 valence electrons. The summed E-state index contributed by atoms with van der Waals surface area (Å²) >= 11 is 0. The van der Waals surface area contributed by atoms with Gasteiger partial charge in [0.1, 0.15) is 5.75 Å². The lowest BCUT2D eigenvalue weighted by Gasteiger charge is -2.24. The molecule has 0 saturated carbocycles. The van der Waals surface area contributed by atoms with Crippen molar-refractivity contribution in [1.82, 2.24) is 5.32 Å². The first-order valence-corrected chi connectivity index (χ1v) is 6.58. The van der Waals surface area contributed by atoms with Crippen LogP contribution in [-0.4, -0.2) is 19.7 Å². The molecule has 1 atom stereocenters. The van der Waals surface area contributed by atoms with Gasteiger partial charge in [-0.2, -0.15) is 0 Å². The van der Waals surface area contributed by atoms with Gasteiger partial charge in [-0.15, -0.1) is 0 Å². The average Bonchev–Trinajstić information content (AvgIpc) is 2.34. The topological polar surface area (TPSA) is 21.3 Å². The third-order valence-electron chi connectivity index (χ3n) is 3.73. The van der Waals surface area contributed by atoms with Crippen molar-refractivity contribution in [3.05, 3.63) is 28.8 Å². The molecule has 2 nitrogen and oxygen atoms in total. The van der Waals surface area contributed by atoms with E-state index in [2.05, 4.69) is 31.3 Å². The van der Waals surface area contributed by atoms with Gasteiger partial charge in [-0.3, -0.25) is 0 Å². The Morgan fingerprint density at radius 1 is 1.24 bits per heavy atom. The first-order chi connectivity index (χ1) is 8.20. The summed E-state index contributed by atoms with van der Waals surface area (Å²) in [4.78, 5) is 0. The highest BCUT2D eigenvalue weighted by atomic mass is 16.5. The Labute approximate surface area is 104 Å². The number of rotatable bonds is 3. The van der Waals surface area contributed by atoms with Crippen molar-refractivity contribution in [2.24, 2.45) is 0 Å². The minimum absolute atomic E-state index is 0.662. The molecule has 0 spiro atoms. The predicted octanol–water partition coefficient (Wildman–Crippen LogP) is 3.00. The molecule has 1 aromatic rings. The molecule has 0 amide bonds. The van der Waals surface area contributed by atoms with Crippen molar-refractivity contribution in [1.29, 1.82) is 0 Å². The molecular weight excluding hydrogens is 210 g/mol. The Morgan fingerprint density at radius 3 is 2.71 bits per heavy atom. The summed E-state index contributed by atoms with van der Waals surface area (Å²) in [7, 11) is 1.74. The molecule has 1 fully saturated rings. The van der Waals surface area contributed by atoms with Gasteiger partial charge in [0.25, 0.3) is 0 Å². The molecule has 0 aliphatic carbocycles. The first-order valence-electron chi connectivity index (χ1n) is 6.58. The van der Waals surface area contributed by atoms with Gasteiger partial charge >= 0.3 is 0 Å². The van der Waals surface area contributed by atoms with Crippen LogP contribution in [0.25, 0.3) is 0 Å². The van der Waals surface area contributed by atoms with E-state index >= 15 is 0 Å². The first kappa shape index (κ1) is 12.4. The van der Waals surface area contributed by atoms with Gasteiger partial charge in [0.15, 0.2) is 0 Å². The van der Waals surface area contributed by atoms with Crippen LogP contribution in [0, 0.1) is 13.8 Å². The van der Waals surface area contributed by atoms with E-state index in [-0.39, 0.29) is 0 Å². The highest BCUT2D eigenvalue weighted by molar-refractivity contribution is 5.41. The second kappa shape index (κ2) is 5.54. The van der Waals surface area contributed by atoms with Crippen LogP contribution in [0.5, 0.6) is 5.75 Å². The fraction of sp³-hybridized carbons (Fsp3) is 0.600. The lowest BCUT2D eigenvalue weighted by molar-refractivity contribution is 0.397. The summed E-state index contributed by atoms with van der Waals surface area (Å²) in [6, 6.07) is 5.10. The van der Waals surface area contributed by atoms with E-state index in [0.717, 1.165) is 12.2 Å². The number of ether oxygens (including phenoxy) is 1. The van der Waals surface area contributed by atoms with Gasteiger partial charge in [0, 0.05) is 6.04 Å². The van der Waals surface area contributed by atoms with Crippen molar-refractivity contribution < 1.29 is 4.74 Å². The van der Waals surface area contributed by atoms with E-state index in [4.69, 9.17) is 4.74 Å². The molecule has 1 saturated heterocycles. The molecule has 1 aliphatic heterocycles. The van der Waals surface area contributed by atoms with Crippen molar-refractivity contribution in [2.75, 3.05) is 13.7 Å². The Kier molecular flexibility index (Phi) is 4.06. The van der Waals surface area contributed by atoms with Crippen molar-refractivity contribution in [2.45, 2.75) is 45.6 Å². The maximum Gasteiger partial charge on any atom is 0.122 e. The van der Waals surface area contributed by atoms with Crippen LogP contribution < -0.4 is 10.1 Å². The molecule has 2 heteroatoms. The van der Waals surface area contributed by atoms with Gasteiger partial charge in [0.05, 0.1) is 7.11 Å². The molecular formula is C15H23NO. The Balaban J connectivity index is 2.12. The predicted molar refractivity (Wildman–Crippen MR) is 71.8 cm³/mol. The molecule has 0 radical (unpaired) electrons. The molecule has 1 aliphatic rings. The fourth-order valence-corrected chi connectivity index (χ4v) is 2.65. The summed E-state index contributed by atoms with van der Waals surface area (Å²) in [5.41, 5.74) is 4.05. The van der Waals surface area contributed by atoms with Crippen molar-refractivity contribution in [3.63, 3.8) is 0 Å². The van der Waals surface area contributed by atoms with E-state index in [9.17, 15) is 0 Å². The van der Waals surface area contributed by atoms with E-state index < -0.39 is 0 Å². The van der Waals surface area contributed by atoms with Crippen LogP contribution in [0.4, 0.5) is 0 Å². The quantitative estimate of drug-likeness (QED) is 0.866. The number of hydrogen-bond donors (Lipinski definition) is 1. The third kappa shape index (κ3) is 3.01. The minimum Gasteiger partial charge on any atom is -0.496 e. The monoisotopic (exact) mass is 233 g/mol. The minimum atomic E-state index is 0.662. The largest absolute Gasteiger partial charge is 0.496 e. The molecule has 0 bridgehead atoms. The lowest BCUT2D eigenvalue weighted by Crippen LogP contribution is -2.35. The normalized spacial score (nSPS) is 20.3. The van der Waals surface area contributed by atoms with Crippen LogP contribution >= 0.6 is 0 Å². The number of benzene rings is 1. The maximum atomic E-state index is 5.36. The number of piperidine rings is 1. The zero-order chi connectivity index (χ0) is 12.3. The van der Waals surface area contributed by atoms with E-state index in [1.165, 1.54) is 42.5 Å². The summed E-state index contributed by atoms with van der Waals surface area (Å²) in [6.07, 6.45) is 5.16. The molecule has 1 unspecified atom stereocenters. The second-order valence-electron chi connectivity index (χ2n) is 5.10. The molecule has 1 N–H and O–H groups in total. The standard InChI is InChI=1S/C15H23NO/c1-11-9-15(17-3)12(2)8-13(11)10-14-6-4-5-7-16-14/h8-9,14,16H,4-7,10H2,1-3H3. The van der Waals surface area contributed by atoms with Gasteiger partial charge < -0.3 is 10.1 Å². The van der Waals surface area contributed by atoms with E-state index in [1.54, 1.807) is 7.11 Å². The SMILES string of the molecule is COc1cc(C)c(CC2CCCCN2)cc1C. The molecule has 1 heterocycles. The average molecular weight is 233 g/mol. The highest BCUT2D eigenvalue weighted by Gasteiger charge is 2.14. The number of aryl methyl sites for hydroxylation is 2. The smallest absolute Gasteiger partial charge is 0.122 e. The van der Waals surface area contributed by atoms with Gasteiger partial charge in [0.2, 0.25) is 0 Å². The zero-order valence-electron chi connectivity index (χ0n) is 11.2. The molecule has 17 heavy (non-hydrogen) atoms. The van der Waals surface area contributed by atoms with Gasteiger partial charge in [-0.25, -0.2) is 0 Å². The number of nitrogens with one attached hydrogen (secondary N) is 1. The lowest BCUT2D eigenvalue weighted by atomic mass is 9.94. The second-order valence-corrected chi connectivity index (χ2v) is 5.10. The van der Waals surface area contributed by atoms with Crippen LogP contribution in [0.2, 0.25) is 0 Å². The summed E-state index contributed by atoms with van der Waals surface area (Å²) in [6.45, 7) is 5.48. The van der Waals surface area contributed by atoms with E-state index in [0.29, 0.717) is 6.04 Å². The zero-order valence-corrected chi connectivity index (χ0v) is 11.2. The summed E-state index contributed by atoms with van der Waals surface area (Å²) in [5, 5.41) is 3.61. The van der Waals surface area contributed by atoms with E-state index in [1.807, 2.05) is 0 Å². The van der Waals surface area contributed by atoms with Gasteiger partial charge in [-0.05, 0) is 62.4 Å². The van der Waals surface area contributed by atoms with Crippen LogP contribution in [0.15, 0.2) is 12.1 Å². The fourth-order valence-electron chi connectivity index (χ4n) is 2.65. The molecule has 2 rings (SSSR count). The summed E-state index contributed by atoms with van der Waals surface area (Å²) < 4.78 is 5.36. The van der Waals surface area contributed by atoms with Crippen molar-refractivity contribution >= 4 is 0 Å². The third-order valence-corrected chi connectivity index (χ3v) is 3.73. The Morgan fingerprint density at radius 2 is 2.06 bits per heavy atom. The highest BCUT2D eigenvalue weighted by Crippen LogP contribution is 2.24. The maximum absolute atomic E-state index is 5.36. The van der Waals surface area contributed by atoms with Crippen molar-refractivity contribution in [3.8, 4) is 5.75 Å². The van der Waals surface area contributed by atoms with Crippen LogP contribution in [0.1, 0.15) is 36.0 Å². The molecule has 1 aromatic carbocycles. The summed E-state index contributed by atoms with van der Waals surface area (Å²) in [5.74, 6) is 1.00. The number of methoxy groups -OCH3 is 1. The van der Waals surface area contributed by atoms with Crippen LogP contribution in [-0.2, 0) is 6.42 Å². The molecule has 0 aromatic heterocycles.